The summed E-state index contributed by atoms with van der Waals surface area (Å²) in [4.78, 5) is 10.9. The molecule has 2 nitrogen and oxygen atoms in total. The van der Waals surface area contributed by atoms with Gasteiger partial charge in [0.15, 0.2) is 0 Å². The number of Topliss-reactive ketones (excluding diaryl/α,β-unsaturated/α-hetero) is 1. The fourth-order valence-corrected chi connectivity index (χ4v) is 1.86. The van der Waals surface area contributed by atoms with Crippen LogP contribution in [0.1, 0.15) is 25.7 Å². The summed E-state index contributed by atoms with van der Waals surface area (Å²) in [5.41, 5.74) is -4.17. The molecule has 0 bridgehead atoms. The molecule has 1 fully saturated rings. The fraction of sp³-hybridized carbons (Fsp3) is 0.889. The lowest BCUT2D eigenvalue weighted by Gasteiger charge is -2.21. The topological polar surface area (TPSA) is 26.3 Å². The van der Waals surface area contributed by atoms with Crippen molar-refractivity contribution in [2.24, 2.45) is 0 Å². The standard InChI is InChI=1S/C9H13F3O2S/c10-9(11,12)15-6-5-14-8-3-1-7(13)2-4-8/h8H,1-6H2. The molecule has 0 unspecified atom stereocenters. The van der Waals surface area contributed by atoms with Gasteiger partial charge in [0.2, 0.25) is 0 Å². The highest BCUT2D eigenvalue weighted by molar-refractivity contribution is 8.00. The molecule has 0 spiro atoms. The molecule has 0 radical (unpaired) electrons. The van der Waals surface area contributed by atoms with E-state index >= 15 is 0 Å². The lowest BCUT2D eigenvalue weighted by atomic mass is 9.97. The molecule has 6 heteroatoms. The Labute approximate surface area is 90.5 Å². The molecule has 1 rings (SSSR count). The first-order valence-electron chi connectivity index (χ1n) is 4.81. The van der Waals surface area contributed by atoms with Gasteiger partial charge in [-0.1, -0.05) is 0 Å². The van der Waals surface area contributed by atoms with Crippen LogP contribution in [0.5, 0.6) is 0 Å². The number of carbonyl (C=O) groups is 1. The number of hydrogen-bond donors (Lipinski definition) is 0. The van der Waals surface area contributed by atoms with E-state index in [1.54, 1.807) is 0 Å². The monoisotopic (exact) mass is 242 g/mol. The van der Waals surface area contributed by atoms with Crippen LogP contribution in [-0.2, 0) is 9.53 Å². The molecule has 1 saturated carbocycles. The van der Waals surface area contributed by atoms with Crippen molar-refractivity contribution in [2.75, 3.05) is 12.4 Å². The van der Waals surface area contributed by atoms with Crippen LogP contribution in [0.25, 0.3) is 0 Å². The van der Waals surface area contributed by atoms with Crippen molar-refractivity contribution in [1.82, 2.24) is 0 Å². The number of rotatable bonds is 4. The Kier molecular flexibility index (Phi) is 4.92. The zero-order valence-corrected chi connectivity index (χ0v) is 9.00. The van der Waals surface area contributed by atoms with Crippen LogP contribution in [0.2, 0.25) is 0 Å². The van der Waals surface area contributed by atoms with Gasteiger partial charge in [0.25, 0.3) is 0 Å². The van der Waals surface area contributed by atoms with E-state index in [2.05, 4.69) is 0 Å². The van der Waals surface area contributed by atoms with Crippen LogP contribution in [-0.4, -0.2) is 29.8 Å². The summed E-state index contributed by atoms with van der Waals surface area (Å²) in [7, 11) is 0. The number of ketones is 1. The number of hydrogen-bond acceptors (Lipinski definition) is 3. The second-order valence-corrected chi connectivity index (χ2v) is 4.56. The molecule has 0 amide bonds. The quantitative estimate of drug-likeness (QED) is 0.709. The fourth-order valence-electron chi connectivity index (χ4n) is 1.45. The van der Waals surface area contributed by atoms with Crippen molar-refractivity contribution >= 4 is 17.5 Å². The molecule has 88 valence electrons. The SMILES string of the molecule is O=C1CCC(OCCSC(F)(F)F)CC1. The van der Waals surface area contributed by atoms with E-state index < -0.39 is 5.51 Å². The van der Waals surface area contributed by atoms with Gasteiger partial charge in [-0.2, -0.15) is 13.2 Å². The van der Waals surface area contributed by atoms with E-state index in [9.17, 15) is 18.0 Å². The van der Waals surface area contributed by atoms with Gasteiger partial charge in [0.05, 0.1) is 12.7 Å². The highest BCUT2D eigenvalue weighted by Gasteiger charge is 2.27. The van der Waals surface area contributed by atoms with E-state index in [0.29, 0.717) is 25.7 Å². The van der Waals surface area contributed by atoms with Gasteiger partial charge in [-0.05, 0) is 24.6 Å². The zero-order valence-electron chi connectivity index (χ0n) is 8.18. The summed E-state index contributed by atoms with van der Waals surface area (Å²) in [6.45, 7) is 0.100. The highest BCUT2D eigenvalue weighted by atomic mass is 32.2. The largest absolute Gasteiger partial charge is 0.441 e. The van der Waals surface area contributed by atoms with E-state index in [1.165, 1.54) is 0 Å². The number of ether oxygens (including phenoxy) is 1. The third-order valence-electron chi connectivity index (χ3n) is 2.19. The van der Waals surface area contributed by atoms with Crippen LogP contribution in [0.15, 0.2) is 0 Å². The molecule has 0 heterocycles. The molecular formula is C9H13F3O2S. The third kappa shape index (κ3) is 6.04. The van der Waals surface area contributed by atoms with Crippen LogP contribution in [0.4, 0.5) is 13.2 Å². The van der Waals surface area contributed by atoms with Gasteiger partial charge in [-0.15, -0.1) is 0 Å². The predicted molar refractivity (Wildman–Crippen MR) is 51.7 cm³/mol. The first-order valence-corrected chi connectivity index (χ1v) is 5.80. The Morgan fingerprint density at radius 1 is 1.33 bits per heavy atom. The minimum atomic E-state index is -4.17. The van der Waals surface area contributed by atoms with Crippen LogP contribution in [0.3, 0.4) is 0 Å². The lowest BCUT2D eigenvalue weighted by molar-refractivity contribution is -0.122. The van der Waals surface area contributed by atoms with Crippen molar-refractivity contribution in [3.05, 3.63) is 0 Å². The second-order valence-electron chi connectivity index (χ2n) is 3.40. The number of carbonyl (C=O) groups excluding carboxylic acids is 1. The average Bonchev–Trinajstić information content (AvgIpc) is 2.14. The average molecular weight is 242 g/mol. The van der Waals surface area contributed by atoms with Gasteiger partial charge in [0, 0.05) is 18.6 Å². The smallest absolute Gasteiger partial charge is 0.377 e. The van der Waals surface area contributed by atoms with Crippen molar-refractivity contribution in [3.63, 3.8) is 0 Å². The number of halogens is 3. The molecular weight excluding hydrogens is 229 g/mol. The van der Waals surface area contributed by atoms with Crippen molar-refractivity contribution in [3.8, 4) is 0 Å². The van der Waals surface area contributed by atoms with Gasteiger partial charge in [0.1, 0.15) is 5.78 Å². The molecule has 0 aromatic carbocycles. The number of alkyl halides is 3. The summed E-state index contributed by atoms with van der Waals surface area (Å²) in [5.74, 6) is 0.146. The maximum absolute atomic E-state index is 11.7. The molecule has 15 heavy (non-hydrogen) atoms. The van der Waals surface area contributed by atoms with Crippen LogP contribution >= 0.6 is 11.8 Å². The first kappa shape index (κ1) is 12.8. The molecule has 1 aliphatic carbocycles. The summed E-state index contributed by atoms with van der Waals surface area (Å²) in [5, 5.41) is 0. The zero-order chi connectivity index (χ0) is 11.3. The first-order chi connectivity index (χ1) is 6.97. The second kappa shape index (κ2) is 5.75. The Balaban J connectivity index is 2.03. The normalized spacial score (nSPS) is 19.5. The van der Waals surface area contributed by atoms with E-state index in [-0.39, 0.29) is 36.0 Å². The Hall–Kier alpha value is -0.230. The summed E-state index contributed by atoms with van der Waals surface area (Å²) < 4.78 is 40.5. The van der Waals surface area contributed by atoms with E-state index in [0.717, 1.165) is 0 Å². The molecule has 1 aliphatic rings. The lowest BCUT2D eigenvalue weighted by Crippen LogP contribution is -2.22. The Bertz CT molecular complexity index is 208. The summed E-state index contributed by atoms with van der Waals surface area (Å²) >= 11 is -0.0692. The predicted octanol–water partition coefficient (Wildman–Crippen LogP) is 2.77. The summed E-state index contributed by atoms with van der Waals surface area (Å²) in [6, 6.07) is 0. The molecule has 0 aromatic rings. The Morgan fingerprint density at radius 2 is 1.93 bits per heavy atom. The maximum Gasteiger partial charge on any atom is 0.441 e. The minimum Gasteiger partial charge on any atom is -0.377 e. The molecule has 0 atom stereocenters. The third-order valence-corrected chi connectivity index (χ3v) is 2.89. The van der Waals surface area contributed by atoms with Gasteiger partial charge in [-0.3, -0.25) is 4.79 Å². The minimum absolute atomic E-state index is 0.0310. The van der Waals surface area contributed by atoms with E-state index in [4.69, 9.17) is 4.74 Å². The van der Waals surface area contributed by atoms with Crippen LogP contribution in [0, 0.1) is 0 Å². The van der Waals surface area contributed by atoms with Gasteiger partial charge >= 0.3 is 5.51 Å². The Morgan fingerprint density at radius 3 is 2.47 bits per heavy atom. The molecule has 0 aromatic heterocycles. The number of thioether (sulfide) groups is 1. The summed E-state index contributed by atoms with van der Waals surface area (Å²) in [6.07, 6.45) is 2.26. The molecule has 0 N–H and O–H groups in total. The van der Waals surface area contributed by atoms with Gasteiger partial charge in [-0.25, -0.2) is 0 Å². The van der Waals surface area contributed by atoms with Crippen molar-refractivity contribution < 1.29 is 22.7 Å². The highest BCUT2D eigenvalue weighted by Crippen LogP contribution is 2.30. The molecule has 0 aliphatic heterocycles. The van der Waals surface area contributed by atoms with Gasteiger partial charge < -0.3 is 4.74 Å². The maximum atomic E-state index is 11.7. The molecule has 0 saturated heterocycles. The van der Waals surface area contributed by atoms with Crippen molar-refractivity contribution in [1.29, 1.82) is 0 Å². The van der Waals surface area contributed by atoms with Crippen molar-refractivity contribution in [2.45, 2.75) is 37.3 Å². The van der Waals surface area contributed by atoms with E-state index in [1.807, 2.05) is 0 Å². The van der Waals surface area contributed by atoms with Crippen LogP contribution < -0.4 is 0 Å².